The van der Waals surface area contributed by atoms with E-state index in [-0.39, 0.29) is 28.8 Å². The molecule has 26 heavy (non-hydrogen) atoms. The number of benzene rings is 2. The minimum absolute atomic E-state index is 0.0782. The van der Waals surface area contributed by atoms with E-state index in [1.807, 2.05) is 0 Å². The molecule has 2 amide bonds. The van der Waals surface area contributed by atoms with Gasteiger partial charge in [0.05, 0.1) is 43.0 Å². The maximum absolute atomic E-state index is 12.7. The van der Waals surface area contributed by atoms with Crippen LogP contribution in [0.2, 0.25) is 0 Å². The summed E-state index contributed by atoms with van der Waals surface area (Å²) in [5.74, 6) is -2.16. The van der Waals surface area contributed by atoms with Gasteiger partial charge in [0.1, 0.15) is 0 Å². The number of esters is 2. The topological polar surface area (TPSA) is 90.0 Å². The van der Waals surface area contributed by atoms with Crippen LogP contribution >= 0.6 is 0 Å². The highest BCUT2D eigenvalue weighted by molar-refractivity contribution is 6.22. The monoisotopic (exact) mass is 353 g/mol. The van der Waals surface area contributed by atoms with Crippen LogP contribution in [0.25, 0.3) is 0 Å². The van der Waals surface area contributed by atoms with Crippen LogP contribution in [0.3, 0.4) is 0 Å². The summed E-state index contributed by atoms with van der Waals surface area (Å²) < 4.78 is 9.37. The molecule has 7 nitrogen and oxygen atoms in total. The minimum Gasteiger partial charge on any atom is -0.465 e. The highest BCUT2D eigenvalue weighted by Crippen LogP contribution is 2.26. The molecule has 7 heteroatoms. The summed E-state index contributed by atoms with van der Waals surface area (Å²) in [5.41, 5.74) is 1.29. The number of nitrogens with zero attached hydrogens (tertiary/aromatic N) is 1. The van der Waals surface area contributed by atoms with Gasteiger partial charge in [-0.3, -0.25) is 14.5 Å². The predicted octanol–water partition coefficient (Wildman–Crippen LogP) is 2.06. The Balaban J connectivity index is 1.94. The number of carbonyl (C=O) groups is 4. The van der Waals surface area contributed by atoms with E-state index in [0.717, 1.165) is 4.90 Å². The second-order valence-corrected chi connectivity index (χ2v) is 5.60. The van der Waals surface area contributed by atoms with Crippen molar-refractivity contribution in [3.63, 3.8) is 0 Å². The third-order valence-corrected chi connectivity index (χ3v) is 4.14. The second-order valence-electron chi connectivity index (χ2n) is 5.60. The molecule has 0 fully saturated rings. The molecule has 0 radical (unpaired) electrons. The zero-order valence-corrected chi connectivity index (χ0v) is 14.1. The maximum Gasteiger partial charge on any atom is 0.338 e. The smallest absolute Gasteiger partial charge is 0.338 e. The number of imide groups is 1. The number of fused-ring (bicyclic) bond motifs is 1. The number of hydrogen-bond acceptors (Lipinski definition) is 6. The molecule has 0 aliphatic carbocycles. The van der Waals surface area contributed by atoms with E-state index in [4.69, 9.17) is 4.74 Å². The number of ether oxygens (including phenoxy) is 2. The Kier molecular flexibility index (Phi) is 4.53. The zero-order valence-electron chi connectivity index (χ0n) is 14.1. The number of rotatable bonds is 4. The molecule has 2 aromatic rings. The molecule has 0 N–H and O–H groups in total. The molecule has 0 saturated heterocycles. The van der Waals surface area contributed by atoms with Crippen LogP contribution in [-0.2, 0) is 16.0 Å². The van der Waals surface area contributed by atoms with E-state index in [1.165, 1.54) is 32.4 Å². The normalized spacial score (nSPS) is 12.8. The van der Waals surface area contributed by atoms with Crippen molar-refractivity contribution in [2.75, 3.05) is 14.2 Å². The van der Waals surface area contributed by atoms with Gasteiger partial charge in [-0.1, -0.05) is 18.2 Å². The molecular formula is C19H15NO6. The Morgan fingerprint density at radius 3 is 2.23 bits per heavy atom. The van der Waals surface area contributed by atoms with Crippen molar-refractivity contribution >= 4 is 23.8 Å². The highest BCUT2D eigenvalue weighted by Gasteiger charge is 2.36. The van der Waals surface area contributed by atoms with Gasteiger partial charge in [0, 0.05) is 0 Å². The zero-order chi connectivity index (χ0) is 18.8. The van der Waals surface area contributed by atoms with Gasteiger partial charge in [-0.2, -0.15) is 0 Å². The lowest BCUT2D eigenvalue weighted by molar-refractivity contribution is 0.0582. The molecule has 0 atom stereocenters. The van der Waals surface area contributed by atoms with Crippen molar-refractivity contribution in [2.45, 2.75) is 6.54 Å². The maximum atomic E-state index is 12.7. The molecule has 0 spiro atoms. The first-order chi connectivity index (χ1) is 12.5. The summed E-state index contributed by atoms with van der Waals surface area (Å²) in [6, 6.07) is 10.8. The number of hydrogen-bond donors (Lipinski definition) is 0. The van der Waals surface area contributed by atoms with Crippen molar-refractivity contribution in [2.24, 2.45) is 0 Å². The second kappa shape index (κ2) is 6.79. The van der Waals surface area contributed by atoms with Gasteiger partial charge in [0.2, 0.25) is 0 Å². The Hall–Kier alpha value is -3.48. The molecule has 0 saturated carbocycles. The molecular weight excluding hydrogens is 338 g/mol. The Morgan fingerprint density at radius 1 is 0.885 bits per heavy atom. The Labute approximate surface area is 149 Å². The summed E-state index contributed by atoms with van der Waals surface area (Å²) in [5, 5.41) is 0. The van der Waals surface area contributed by atoms with Crippen LogP contribution in [0.1, 0.15) is 47.0 Å². The van der Waals surface area contributed by atoms with Gasteiger partial charge in [-0.15, -0.1) is 0 Å². The lowest BCUT2D eigenvalue weighted by atomic mass is 10.1. The van der Waals surface area contributed by atoms with Crippen LogP contribution in [-0.4, -0.2) is 42.9 Å². The molecule has 1 aliphatic heterocycles. The van der Waals surface area contributed by atoms with E-state index in [2.05, 4.69) is 4.74 Å². The quantitative estimate of drug-likeness (QED) is 0.617. The molecule has 1 heterocycles. The lowest BCUT2D eigenvalue weighted by Gasteiger charge is -2.15. The van der Waals surface area contributed by atoms with Gasteiger partial charge in [-0.05, 0) is 29.8 Å². The van der Waals surface area contributed by atoms with Gasteiger partial charge in [-0.25, -0.2) is 9.59 Å². The average molecular weight is 353 g/mol. The van der Waals surface area contributed by atoms with Crippen molar-refractivity contribution < 1.29 is 28.7 Å². The minimum atomic E-state index is -0.595. The lowest BCUT2D eigenvalue weighted by Crippen LogP contribution is -2.30. The van der Waals surface area contributed by atoms with Gasteiger partial charge < -0.3 is 9.47 Å². The van der Waals surface area contributed by atoms with Crippen molar-refractivity contribution in [1.29, 1.82) is 0 Å². The third kappa shape index (κ3) is 2.83. The van der Waals surface area contributed by atoms with Crippen LogP contribution in [0, 0.1) is 0 Å². The van der Waals surface area contributed by atoms with Crippen LogP contribution in [0.4, 0.5) is 0 Å². The van der Waals surface area contributed by atoms with E-state index in [1.54, 1.807) is 24.3 Å². The third-order valence-electron chi connectivity index (χ3n) is 4.14. The van der Waals surface area contributed by atoms with E-state index in [9.17, 15) is 19.2 Å². The highest BCUT2D eigenvalue weighted by atomic mass is 16.5. The average Bonchev–Trinajstić information content (AvgIpc) is 2.91. The molecule has 0 aromatic heterocycles. The van der Waals surface area contributed by atoms with E-state index >= 15 is 0 Å². The van der Waals surface area contributed by atoms with Crippen LogP contribution in [0.5, 0.6) is 0 Å². The standard InChI is InChI=1S/C19H15NO6/c1-25-18(23)11-7-8-14-15(9-11)17(22)20(16(14)21)10-12-5-3-4-6-13(12)19(24)26-2/h3-9H,10H2,1-2H3. The SMILES string of the molecule is COC(=O)c1ccc2c(c1)C(=O)N(Cc1ccccc1C(=O)OC)C2=O. The molecule has 0 unspecified atom stereocenters. The number of methoxy groups -OCH3 is 2. The molecule has 2 aromatic carbocycles. The summed E-state index contributed by atoms with van der Waals surface area (Å²) >= 11 is 0. The fourth-order valence-corrected chi connectivity index (χ4v) is 2.82. The fourth-order valence-electron chi connectivity index (χ4n) is 2.82. The van der Waals surface area contributed by atoms with Gasteiger partial charge >= 0.3 is 11.9 Å². The van der Waals surface area contributed by atoms with Gasteiger partial charge in [0.15, 0.2) is 0 Å². The van der Waals surface area contributed by atoms with Crippen LogP contribution < -0.4 is 0 Å². The molecule has 1 aliphatic rings. The summed E-state index contributed by atoms with van der Waals surface area (Å²) in [6.07, 6.45) is 0. The first-order valence-electron chi connectivity index (χ1n) is 7.72. The van der Waals surface area contributed by atoms with Gasteiger partial charge in [0.25, 0.3) is 11.8 Å². The molecule has 3 rings (SSSR count). The number of amides is 2. The fraction of sp³-hybridized carbons (Fsp3) is 0.158. The first-order valence-corrected chi connectivity index (χ1v) is 7.72. The summed E-state index contributed by atoms with van der Waals surface area (Å²) in [6.45, 7) is -0.0782. The van der Waals surface area contributed by atoms with E-state index in [0.29, 0.717) is 5.56 Å². The molecule has 0 bridgehead atoms. The Morgan fingerprint density at radius 2 is 1.54 bits per heavy atom. The summed E-state index contributed by atoms with van der Waals surface area (Å²) in [7, 11) is 2.49. The van der Waals surface area contributed by atoms with Crippen molar-refractivity contribution in [3.8, 4) is 0 Å². The van der Waals surface area contributed by atoms with Crippen molar-refractivity contribution in [3.05, 3.63) is 70.3 Å². The predicted molar refractivity (Wildman–Crippen MR) is 89.8 cm³/mol. The first kappa shape index (κ1) is 17.3. The number of carbonyl (C=O) groups excluding carboxylic acids is 4. The van der Waals surface area contributed by atoms with Crippen LogP contribution in [0.15, 0.2) is 42.5 Å². The molecule has 132 valence electrons. The summed E-state index contributed by atoms with van der Waals surface area (Å²) in [4.78, 5) is 49.8. The van der Waals surface area contributed by atoms with E-state index < -0.39 is 23.8 Å². The Bertz CT molecular complexity index is 933. The largest absolute Gasteiger partial charge is 0.465 e. The van der Waals surface area contributed by atoms with Crippen molar-refractivity contribution in [1.82, 2.24) is 4.90 Å².